The summed E-state index contributed by atoms with van der Waals surface area (Å²) in [5.41, 5.74) is 0.0478. The normalized spacial score (nSPS) is 23.8. The lowest BCUT2D eigenvalue weighted by atomic mass is 9.97. The van der Waals surface area contributed by atoms with Gasteiger partial charge in [0, 0.05) is 25.3 Å². The molecule has 0 spiro atoms. The molecule has 1 atom stereocenters. The van der Waals surface area contributed by atoms with Crippen LogP contribution in [-0.4, -0.2) is 37.0 Å². The van der Waals surface area contributed by atoms with E-state index in [1.165, 1.54) is 12.8 Å². The van der Waals surface area contributed by atoms with E-state index in [4.69, 9.17) is 9.84 Å². The van der Waals surface area contributed by atoms with Crippen molar-refractivity contribution in [2.45, 2.75) is 38.6 Å². The van der Waals surface area contributed by atoms with Gasteiger partial charge in [0.2, 0.25) is 0 Å². The van der Waals surface area contributed by atoms with Gasteiger partial charge in [-0.1, -0.05) is 0 Å². The van der Waals surface area contributed by atoms with E-state index in [0.717, 1.165) is 26.2 Å². The molecule has 1 unspecified atom stereocenters. The molecule has 0 aromatic carbocycles. The van der Waals surface area contributed by atoms with E-state index in [-0.39, 0.29) is 12.1 Å². The summed E-state index contributed by atoms with van der Waals surface area (Å²) in [6.07, 6.45) is 3.26. The molecule has 1 aliphatic rings. The van der Waals surface area contributed by atoms with Gasteiger partial charge in [0.1, 0.15) is 0 Å². The maximum atomic E-state index is 8.87. The highest BCUT2D eigenvalue weighted by Crippen LogP contribution is 2.14. The Morgan fingerprint density at radius 1 is 1.50 bits per heavy atom. The predicted octanol–water partition coefficient (Wildman–Crippen LogP) is 1.16. The van der Waals surface area contributed by atoms with Crippen molar-refractivity contribution in [1.82, 2.24) is 5.32 Å². The molecule has 0 aromatic rings. The lowest BCUT2D eigenvalue weighted by Gasteiger charge is -2.30. The second kappa shape index (κ2) is 5.69. The van der Waals surface area contributed by atoms with Crippen LogP contribution in [-0.2, 0) is 4.74 Å². The Morgan fingerprint density at radius 2 is 2.29 bits per heavy atom. The molecule has 0 aromatic heterocycles. The van der Waals surface area contributed by atoms with Gasteiger partial charge in [-0.2, -0.15) is 0 Å². The van der Waals surface area contributed by atoms with E-state index >= 15 is 0 Å². The Labute approximate surface area is 86.8 Å². The Hall–Kier alpha value is -0.120. The van der Waals surface area contributed by atoms with Gasteiger partial charge in [-0.15, -0.1) is 0 Å². The first kappa shape index (κ1) is 12.0. The molecule has 84 valence electrons. The largest absolute Gasteiger partial charge is 0.396 e. The number of hydrogen-bond donors (Lipinski definition) is 2. The van der Waals surface area contributed by atoms with Crippen molar-refractivity contribution in [2.24, 2.45) is 5.92 Å². The predicted molar refractivity (Wildman–Crippen MR) is 57.3 cm³/mol. The van der Waals surface area contributed by atoms with Crippen LogP contribution in [0.15, 0.2) is 0 Å². The molecule has 0 aliphatic carbocycles. The van der Waals surface area contributed by atoms with Crippen molar-refractivity contribution in [3.8, 4) is 0 Å². The summed E-state index contributed by atoms with van der Waals surface area (Å²) in [5.74, 6) is 0.654. The first-order valence-corrected chi connectivity index (χ1v) is 5.58. The second-order valence-corrected chi connectivity index (χ2v) is 4.82. The summed E-state index contributed by atoms with van der Waals surface area (Å²) in [6, 6.07) is 0. The standard InChI is InChI=1S/C11H23NO2/c1-11(2,5-6-13)12-8-10-4-3-7-14-9-10/h10,12-13H,3-9H2,1-2H3. The van der Waals surface area contributed by atoms with Gasteiger partial charge >= 0.3 is 0 Å². The number of rotatable bonds is 5. The van der Waals surface area contributed by atoms with Gasteiger partial charge in [0.25, 0.3) is 0 Å². The highest BCUT2D eigenvalue weighted by atomic mass is 16.5. The zero-order chi connectivity index (χ0) is 10.4. The van der Waals surface area contributed by atoms with Crippen molar-refractivity contribution < 1.29 is 9.84 Å². The minimum absolute atomic E-state index is 0.0478. The molecule has 3 heteroatoms. The van der Waals surface area contributed by atoms with Crippen LogP contribution < -0.4 is 5.32 Å². The Kier molecular flexibility index (Phi) is 4.85. The van der Waals surface area contributed by atoms with Crippen LogP contribution in [0.2, 0.25) is 0 Å². The fourth-order valence-corrected chi connectivity index (χ4v) is 1.76. The van der Waals surface area contributed by atoms with E-state index in [2.05, 4.69) is 19.2 Å². The Bertz CT molecular complexity index is 153. The molecule has 2 N–H and O–H groups in total. The van der Waals surface area contributed by atoms with Gasteiger partial charge < -0.3 is 15.2 Å². The average Bonchev–Trinajstić information content (AvgIpc) is 2.17. The van der Waals surface area contributed by atoms with Crippen molar-refractivity contribution in [2.75, 3.05) is 26.4 Å². The molecule has 1 heterocycles. The molecule has 3 nitrogen and oxygen atoms in total. The van der Waals surface area contributed by atoms with Gasteiger partial charge in [-0.05, 0) is 39.0 Å². The minimum atomic E-state index is 0.0478. The molecule has 1 fully saturated rings. The van der Waals surface area contributed by atoms with Crippen LogP contribution in [0.25, 0.3) is 0 Å². The van der Waals surface area contributed by atoms with E-state index in [9.17, 15) is 0 Å². The number of aliphatic hydroxyl groups excluding tert-OH is 1. The van der Waals surface area contributed by atoms with E-state index in [1.807, 2.05) is 0 Å². The molecule has 1 aliphatic heterocycles. The lowest BCUT2D eigenvalue weighted by molar-refractivity contribution is 0.0514. The van der Waals surface area contributed by atoms with Crippen LogP contribution in [0, 0.1) is 5.92 Å². The molecular weight excluding hydrogens is 178 g/mol. The van der Waals surface area contributed by atoms with Crippen LogP contribution in [0.3, 0.4) is 0 Å². The van der Waals surface area contributed by atoms with E-state index in [1.54, 1.807) is 0 Å². The molecule has 0 radical (unpaired) electrons. The van der Waals surface area contributed by atoms with Crippen LogP contribution in [0.4, 0.5) is 0 Å². The average molecular weight is 201 g/mol. The number of nitrogens with one attached hydrogen (secondary N) is 1. The van der Waals surface area contributed by atoms with Gasteiger partial charge in [0.05, 0.1) is 6.61 Å². The summed E-state index contributed by atoms with van der Waals surface area (Å²) in [6.45, 7) is 7.34. The molecule has 1 saturated heterocycles. The number of aliphatic hydroxyl groups is 1. The van der Waals surface area contributed by atoms with Crippen molar-refractivity contribution in [3.63, 3.8) is 0 Å². The third-order valence-corrected chi connectivity index (χ3v) is 2.86. The lowest BCUT2D eigenvalue weighted by Crippen LogP contribution is -2.44. The molecular formula is C11H23NO2. The van der Waals surface area contributed by atoms with Crippen LogP contribution >= 0.6 is 0 Å². The van der Waals surface area contributed by atoms with Gasteiger partial charge in [-0.25, -0.2) is 0 Å². The van der Waals surface area contributed by atoms with E-state index in [0.29, 0.717) is 5.92 Å². The third kappa shape index (κ3) is 4.40. The van der Waals surface area contributed by atoms with Crippen LogP contribution in [0.5, 0.6) is 0 Å². The van der Waals surface area contributed by atoms with Crippen molar-refractivity contribution in [1.29, 1.82) is 0 Å². The Balaban J connectivity index is 2.17. The summed E-state index contributed by atoms with van der Waals surface area (Å²) >= 11 is 0. The number of ether oxygens (including phenoxy) is 1. The quantitative estimate of drug-likeness (QED) is 0.701. The molecule has 1 rings (SSSR count). The fourth-order valence-electron chi connectivity index (χ4n) is 1.76. The highest BCUT2D eigenvalue weighted by Gasteiger charge is 2.20. The molecule has 0 amide bonds. The third-order valence-electron chi connectivity index (χ3n) is 2.86. The van der Waals surface area contributed by atoms with Crippen LogP contribution in [0.1, 0.15) is 33.1 Å². The fraction of sp³-hybridized carbons (Fsp3) is 1.00. The smallest absolute Gasteiger partial charge is 0.0506 e. The van der Waals surface area contributed by atoms with Crippen molar-refractivity contribution in [3.05, 3.63) is 0 Å². The van der Waals surface area contributed by atoms with Gasteiger partial charge in [0.15, 0.2) is 0 Å². The number of hydrogen-bond acceptors (Lipinski definition) is 3. The first-order chi connectivity index (χ1) is 6.64. The van der Waals surface area contributed by atoms with Gasteiger partial charge in [-0.3, -0.25) is 0 Å². The minimum Gasteiger partial charge on any atom is -0.396 e. The molecule has 0 bridgehead atoms. The first-order valence-electron chi connectivity index (χ1n) is 5.58. The zero-order valence-corrected chi connectivity index (χ0v) is 9.38. The highest BCUT2D eigenvalue weighted by molar-refractivity contribution is 4.79. The second-order valence-electron chi connectivity index (χ2n) is 4.82. The summed E-state index contributed by atoms with van der Waals surface area (Å²) in [4.78, 5) is 0. The maximum Gasteiger partial charge on any atom is 0.0506 e. The van der Waals surface area contributed by atoms with Crippen molar-refractivity contribution >= 4 is 0 Å². The maximum absolute atomic E-state index is 8.87. The molecule has 14 heavy (non-hydrogen) atoms. The summed E-state index contributed by atoms with van der Waals surface area (Å²) in [7, 11) is 0. The monoisotopic (exact) mass is 201 g/mol. The summed E-state index contributed by atoms with van der Waals surface area (Å²) in [5, 5.41) is 12.4. The Morgan fingerprint density at radius 3 is 2.86 bits per heavy atom. The van der Waals surface area contributed by atoms with E-state index < -0.39 is 0 Å². The zero-order valence-electron chi connectivity index (χ0n) is 9.38. The topological polar surface area (TPSA) is 41.5 Å². The molecule has 0 saturated carbocycles. The SMILES string of the molecule is CC(C)(CCO)NCC1CCCOC1. The summed E-state index contributed by atoms with van der Waals surface area (Å²) < 4.78 is 5.42.